The van der Waals surface area contributed by atoms with E-state index in [1.54, 1.807) is 24.3 Å². The van der Waals surface area contributed by atoms with E-state index in [1.807, 2.05) is 19.9 Å². The Hall–Kier alpha value is -2.91. The molecule has 2 rings (SSSR count). The summed E-state index contributed by atoms with van der Waals surface area (Å²) >= 11 is 0. The predicted molar refractivity (Wildman–Crippen MR) is 104 cm³/mol. The van der Waals surface area contributed by atoms with E-state index in [2.05, 4.69) is 0 Å². The molecule has 0 aliphatic carbocycles. The molecule has 0 bridgehead atoms. The molecule has 0 saturated heterocycles. The van der Waals surface area contributed by atoms with Gasteiger partial charge in [0.25, 0.3) is 5.91 Å². The monoisotopic (exact) mass is 406 g/mol. The van der Waals surface area contributed by atoms with Gasteiger partial charge in [-0.3, -0.25) is 4.79 Å². The first kappa shape index (κ1) is 21.4. The van der Waals surface area contributed by atoms with Gasteiger partial charge in [0.05, 0.1) is 12.0 Å². The lowest BCUT2D eigenvalue weighted by Gasteiger charge is -2.26. The van der Waals surface area contributed by atoms with Crippen LogP contribution in [-0.2, 0) is 19.6 Å². The molecule has 0 spiro atoms. The van der Waals surface area contributed by atoms with E-state index in [1.165, 1.54) is 24.1 Å². The van der Waals surface area contributed by atoms with Crippen molar-refractivity contribution in [3.05, 3.63) is 54.1 Å². The van der Waals surface area contributed by atoms with Crippen molar-refractivity contribution in [2.24, 2.45) is 5.14 Å². The van der Waals surface area contributed by atoms with Crippen LogP contribution in [0.5, 0.6) is 5.75 Å². The van der Waals surface area contributed by atoms with Gasteiger partial charge in [-0.1, -0.05) is 18.2 Å². The highest BCUT2D eigenvalue weighted by atomic mass is 32.2. The van der Waals surface area contributed by atoms with E-state index in [9.17, 15) is 18.0 Å². The smallest absolute Gasteiger partial charge is 0.342 e. The standard InChI is InChI=1S/C19H22N2O6S/c1-13(2)21(14-7-5-4-6-8-14)18(22)12-27-19(23)16-11-15(28(20,24)25)9-10-17(16)26-3/h4-11,13H,12H2,1-3H3,(H2,20,24,25). The maximum Gasteiger partial charge on any atom is 0.342 e. The highest BCUT2D eigenvalue weighted by molar-refractivity contribution is 7.89. The number of carbonyl (C=O) groups is 2. The Kier molecular flexibility index (Phi) is 6.76. The van der Waals surface area contributed by atoms with E-state index in [0.29, 0.717) is 5.69 Å². The molecular formula is C19H22N2O6S. The molecule has 0 aromatic heterocycles. The van der Waals surface area contributed by atoms with Crippen LogP contribution in [0, 0.1) is 0 Å². The van der Waals surface area contributed by atoms with Gasteiger partial charge in [0.15, 0.2) is 6.61 Å². The average Bonchev–Trinajstić information content (AvgIpc) is 2.65. The minimum atomic E-state index is -4.01. The van der Waals surface area contributed by atoms with E-state index in [-0.39, 0.29) is 22.3 Å². The lowest BCUT2D eigenvalue weighted by molar-refractivity contribution is -0.122. The summed E-state index contributed by atoms with van der Waals surface area (Å²) in [5.74, 6) is -1.21. The number of nitrogens with zero attached hydrogens (tertiary/aromatic N) is 1. The third-order valence-corrected chi connectivity index (χ3v) is 4.78. The van der Waals surface area contributed by atoms with E-state index in [4.69, 9.17) is 14.6 Å². The summed E-state index contributed by atoms with van der Waals surface area (Å²) in [5.41, 5.74) is 0.532. The molecule has 28 heavy (non-hydrogen) atoms. The molecular weight excluding hydrogens is 384 g/mol. The second-order valence-electron chi connectivity index (χ2n) is 6.18. The summed E-state index contributed by atoms with van der Waals surface area (Å²) in [7, 11) is -2.69. The zero-order valence-electron chi connectivity index (χ0n) is 15.8. The highest BCUT2D eigenvalue weighted by Crippen LogP contribution is 2.23. The maximum atomic E-state index is 12.6. The van der Waals surface area contributed by atoms with Gasteiger partial charge in [-0.05, 0) is 44.2 Å². The number of amides is 1. The fourth-order valence-electron chi connectivity index (χ4n) is 2.62. The minimum absolute atomic E-state index is 0.105. The van der Waals surface area contributed by atoms with Crippen LogP contribution in [0.3, 0.4) is 0 Å². The molecule has 2 aromatic carbocycles. The van der Waals surface area contributed by atoms with Crippen LogP contribution in [0.4, 0.5) is 5.69 Å². The molecule has 150 valence electrons. The molecule has 0 aliphatic heterocycles. The molecule has 0 radical (unpaired) electrons. The van der Waals surface area contributed by atoms with Gasteiger partial charge in [-0.15, -0.1) is 0 Å². The Morgan fingerprint density at radius 2 is 1.75 bits per heavy atom. The van der Waals surface area contributed by atoms with Crippen molar-refractivity contribution in [3.63, 3.8) is 0 Å². The van der Waals surface area contributed by atoms with Gasteiger partial charge < -0.3 is 14.4 Å². The number of anilines is 1. The first-order valence-electron chi connectivity index (χ1n) is 8.40. The van der Waals surface area contributed by atoms with Gasteiger partial charge in [0.1, 0.15) is 11.3 Å². The fourth-order valence-corrected chi connectivity index (χ4v) is 3.16. The summed E-state index contributed by atoms with van der Waals surface area (Å²) in [6.07, 6.45) is 0. The Balaban J connectivity index is 2.20. The van der Waals surface area contributed by atoms with Gasteiger partial charge in [-0.2, -0.15) is 0 Å². The largest absolute Gasteiger partial charge is 0.496 e. The zero-order valence-corrected chi connectivity index (χ0v) is 16.6. The molecule has 0 unspecified atom stereocenters. The Morgan fingerprint density at radius 1 is 1.11 bits per heavy atom. The average molecular weight is 406 g/mol. The number of hydrogen-bond donors (Lipinski definition) is 1. The van der Waals surface area contributed by atoms with Crippen LogP contribution in [0.25, 0.3) is 0 Å². The number of rotatable bonds is 7. The van der Waals surface area contributed by atoms with E-state index in [0.717, 1.165) is 6.07 Å². The molecule has 2 aromatic rings. The number of nitrogens with two attached hydrogens (primary N) is 1. The third kappa shape index (κ3) is 5.08. The van der Waals surface area contributed by atoms with Crippen LogP contribution in [0.15, 0.2) is 53.4 Å². The van der Waals surface area contributed by atoms with E-state index >= 15 is 0 Å². The number of benzene rings is 2. The topological polar surface area (TPSA) is 116 Å². The quantitative estimate of drug-likeness (QED) is 0.703. The summed E-state index contributed by atoms with van der Waals surface area (Å²) in [6.45, 7) is 3.16. The number of carbonyl (C=O) groups excluding carboxylic acids is 2. The van der Waals surface area contributed by atoms with Gasteiger partial charge in [0.2, 0.25) is 10.0 Å². The SMILES string of the molecule is COc1ccc(S(N)(=O)=O)cc1C(=O)OCC(=O)N(c1ccccc1)C(C)C. The lowest BCUT2D eigenvalue weighted by atomic mass is 10.2. The molecule has 0 fully saturated rings. The number of ether oxygens (including phenoxy) is 2. The van der Waals surface area contributed by atoms with Gasteiger partial charge >= 0.3 is 5.97 Å². The number of sulfonamides is 1. The molecule has 1 amide bonds. The van der Waals surface area contributed by atoms with Crippen molar-refractivity contribution < 1.29 is 27.5 Å². The normalized spacial score (nSPS) is 11.2. The second-order valence-corrected chi connectivity index (χ2v) is 7.74. The predicted octanol–water partition coefficient (Wildman–Crippen LogP) is 1.94. The number of hydrogen-bond acceptors (Lipinski definition) is 6. The van der Waals surface area contributed by atoms with Gasteiger partial charge in [-0.25, -0.2) is 18.4 Å². The Labute approximate surface area is 163 Å². The Bertz CT molecular complexity index is 958. The van der Waals surface area contributed by atoms with Crippen molar-refractivity contribution in [2.75, 3.05) is 18.6 Å². The van der Waals surface area contributed by atoms with Crippen molar-refractivity contribution >= 4 is 27.6 Å². The Morgan fingerprint density at radius 3 is 2.29 bits per heavy atom. The molecule has 0 atom stereocenters. The van der Waals surface area contributed by atoms with Crippen LogP contribution in [0.1, 0.15) is 24.2 Å². The molecule has 0 aliphatic rings. The molecule has 0 saturated carbocycles. The molecule has 9 heteroatoms. The summed E-state index contributed by atoms with van der Waals surface area (Å²) in [6, 6.07) is 12.4. The third-order valence-electron chi connectivity index (χ3n) is 3.87. The summed E-state index contributed by atoms with van der Waals surface area (Å²) < 4.78 is 33.2. The van der Waals surface area contributed by atoms with Crippen LogP contribution in [0.2, 0.25) is 0 Å². The van der Waals surface area contributed by atoms with Crippen molar-refractivity contribution in [2.45, 2.75) is 24.8 Å². The molecule has 0 heterocycles. The number of esters is 1. The van der Waals surface area contributed by atoms with Crippen molar-refractivity contribution in [3.8, 4) is 5.75 Å². The van der Waals surface area contributed by atoms with E-state index < -0.39 is 28.5 Å². The highest BCUT2D eigenvalue weighted by Gasteiger charge is 2.23. The number of para-hydroxylation sites is 1. The van der Waals surface area contributed by atoms with Crippen molar-refractivity contribution in [1.82, 2.24) is 0 Å². The number of primary sulfonamides is 1. The van der Waals surface area contributed by atoms with Crippen molar-refractivity contribution in [1.29, 1.82) is 0 Å². The van der Waals surface area contributed by atoms with Crippen LogP contribution < -0.4 is 14.8 Å². The zero-order chi connectivity index (χ0) is 20.9. The fraction of sp³-hybridized carbons (Fsp3) is 0.263. The minimum Gasteiger partial charge on any atom is -0.496 e. The number of methoxy groups -OCH3 is 1. The first-order chi connectivity index (χ1) is 13.1. The molecule has 8 nitrogen and oxygen atoms in total. The summed E-state index contributed by atoms with van der Waals surface area (Å²) in [5, 5.41) is 5.10. The maximum absolute atomic E-state index is 12.6. The second kappa shape index (κ2) is 8.85. The lowest BCUT2D eigenvalue weighted by Crippen LogP contribution is -2.39. The summed E-state index contributed by atoms with van der Waals surface area (Å²) in [4.78, 5) is 26.3. The van der Waals surface area contributed by atoms with Crippen LogP contribution in [-0.4, -0.2) is 40.1 Å². The molecule has 2 N–H and O–H groups in total. The van der Waals surface area contributed by atoms with Crippen LogP contribution >= 0.6 is 0 Å². The van der Waals surface area contributed by atoms with Gasteiger partial charge in [0, 0.05) is 11.7 Å². The first-order valence-corrected chi connectivity index (χ1v) is 9.95.